The zero-order valence-electron chi connectivity index (χ0n) is 15.3. The van der Waals surface area contributed by atoms with Gasteiger partial charge in [-0.1, -0.05) is 0 Å². The van der Waals surface area contributed by atoms with Gasteiger partial charge >= 0.3 is 11.9 Å². The van der Waals surface area contributed by atoms with Crippen LogP contribution in [0.25, 0.3) is 0 Å². The number of rotatable bonds is 3. The summed E-state index contributed by atoms with van der Waals surface area (Å²) in [5, 5.41) is 21.9. The molecule has 144 valence electrons. The van der Waals surface area contributed by atoms with Crippen LogP contribution in [0, 0.1) is 0 Å². The van der Waals surface area contributed by atoms with Crippen LogP contribution in [0.2, 0.25) is 0 Å². The molecule has 8 nitrogen and oxygen atoms in total. The van der Waals surface area contributed by atoms with Gasteiger partial charge in [0.2, 0.25) is 0 Å². The molecule has 0 spiro atoms. The van der Waals surface area contributed by atoms with Gasteiger partial charge in [0.05, 0.1) is 17.8 Å². The molecule has 3 aliphatic heterocycles. The molecule has 0 aromatic carbocycles. The van der Waals surface area contributed by atoms with E-state index in [9.17, 15) is 19.8 Å². The van der Waals surface area contributed by atoms with E-state index in [0.717, 1.165) is 0 Å². The van der Waals surface area contributed by atoms with Gasteiger partial charge < -0.3 is 29.2 Å². The minimum absolute atomic E-state index is 0.0345. The molecule has 0 aromatic heterocycles. The second kappa shape index (κ2) is 6.16. The summed E-state index contributed by atoms with van der Waals surface area (Å²) in [4.78, 5) is 24.0. The van der Waals surface area contributed by atoms with Crippen LogP contribution in [0.3, 0.4) is 0 Å². The summed E-state index contributed by atoms with van der Waals surface area (Å²) < 4.78 is 21.7. The third-order valence-electron chi connectivity index (χ3n) is 5.18. The standard InChI is InChI=1S/C18H24O8/c1-10(19)24-13-8-17(3,21)18(22)6-5-16(2,26-18)7-12-14(13)11(9-23-4)15(20)25-12/h7,13,21-22H,5-6,8-9H2,1-4H3/t13-,16+,17+,18-/m0/s1. The predicted octanol–water partition coefficient (Wildman–Crippen LogP) is 0.714. The molecule has 26 heavy (non-hydrogen) atoms. The maximum Gasteiger partial charge on any atom is 0.342 e. The molecule has 0 aliphatic carbocycles. The first kappa shape index (κ1) is 19.0. The topological polar surface area (TPSA) is 112 Å². The van der Waals surface area contributed by atoms with Crippen LogP contribution in [0.15, 0.2) is 23.0 Å². The fourth-order valence-electron chi connectivity index (χ4n) is 3.80. The minimum Gasteiger partial charge on any atom is -0.457 e. The first-order valence-corrected chi connectivity index (χ1v) is 8.50. The molecule has 3 heterocycles. The molecule has 8 heteroatoms. The fraction of sp³-hybridized carbons (Fsp3) is 0.667. The van der Waals surface area contributed by atoms with Gasteiger partial charge in [-0.15, -0.1) is 0 Å². The first-order valence-electron chi connectivity index (χ1n) is 8.50. The number of aliphatic hydroxyl groups is 2. The number of fused-ring (bicyclic) bond motifs is 3. The van der Waals surface area contributed by atoms with Gasteiger partial charge in [-0.05, 0) is 26.3 Å². The first-order chi connectivity index (χ1) is 12.0. The number of ether oxygens (including phenoxy) is 4. The van der Waals surface area contributed by atoms with Gasteiger partial charge in [0.1, 0.15) is 17.5 Å². The molecule has 0 amide bonds. The van der Waals surface area contributed by atoms with E-state index in [1.165, 1.54) is 21.0 Å². The Kier molecular flexibility index (Phi) is 4.51. The van der Waals surface area contributed by atoms with Gasteiger partial charge in [-0.2, -0.15) is 0 Å². The van der Waals surface area contributed by atoms with Crippen molar-refractivity contribution >= 4 is 11.9 Å². The Morgan fingerprint density at radius 1 is 1.35 bits per heavy atom. The summed E-state index contributed by atoms with van der Waals surface area (Å²) in [5.41, 5.74) is -2.12. The summed E-state index contributed by atoms with van der Waals surface area (Å²) in [6, 6.07) is 0. The van der Waals surface area contributed by atoms with E-state index < -0.39 is 35.0 Å². The van der Waals surface area contributed by atoms with Crippen molar-refractivity contribution in [3.05, 3.63) is 23.0 Å². The third-order valence-corrected chi connectivity index (χ3v) is 5.18. The summed E-state index contributed by atoms with van der Waals surface area (Å²) in [6.45, 7) is 4.36. The van der Waals surface area contributed by atoms with Crippen molar-refractivity contribution in [2.45, 2.75) is 63.1 Å². The molecule has 0 unspecified atom stereocenters. The van der Waals surface area contributed by atoms with Crippen LogP contribution in [0.1, 0.15) is 40.0 Å². The Labute approximate surface area is 151 Å². The smallest absolute Gasteiger partial charge is 0.342 e. The number of hydrogen-bond acceptors (Lipinski definition) is 8. The molecule has 2 bridgehead atoms. The zero-order chi connectivity index (χ0) is 19.3. The molecular weight excluding hydrogens is 344 g/mol. The summed E-state index contributed by atoms with van der Waals surface area (Å²) >= 11 is 0. The monoisotopic (exact) mass is 368 g/mol. The Balaban J connectivity index is 2.19. The highest BCUT2D eigenvalue weighted by molar-refractivity contribution is 5.95. The number of methoxy groups -OCH3 is 1. The van der Waals surface area contributed by atoms with Gasteiger partial charge in [-0.3, -0.25) is 4.79 Å². The average molecular weight is 368 g/mol. The molecule has 0 radical (unpaired) electrons. The SMILES string of the molecule is COCC1=C2C(=C[C@@]3(C)CC[C@](O)(O3)[C@](C)(O)C[C@@H]2OC(C)=O)OC1=O. The Morgan fingerprint density at radius 2 is 2.04 bits per heavy atom. The molecule has 4 atom stereocenters. The van der Waals surface area contributed by atoms with Crippen LogP contribution in [0.5, 0.6) is 0 Å². The minimum atomic E-state index is -1.82. The lowest BCUT2D eigenvalue weighted by Gasteiger charge is -2.40. The Bertz CT molecular complexity index is 706. The average Bonchev–Trinajstić information content (AvgIpc) is 2.97. The lowest BCUT2D eigenvalue weighted by molar-refractivity contribution is -0.298. The summed E-state index contributed by atoms with van der Waals surface area (Å²) in [5.74, 6) is -2.79. The fourth-order valence-corrected chi connectivity index (χ4v) is 3.80. The number of esters is 2. The van der Waals surface area contributed by atoms with E-state index >= 15 is 0 Å². The van der Waals surface area contributed by atoms with Crippen molar-refractivity contribution in [2.24, 2.45) is 0 Å². The molecule has 3 rings (SSSR count). The van der Waals surface area contributed by atoms with Crippen molar-refractivity contribution in [2.75, 3.05) is 13.7 Å². The molecule has 1 fully saturated rings. The zero-order valence-corrected chi connectivity index (χ0v) is 15.3. The maximum atomic E-state index is 12.3. The molecular formula is C18H24O8. The van der Waals surface area contributed by atoms with Gasteiger partial charge in [0.15, 0.2) is 5.79 Å². The lowest BCUT2D eigenvalue weighted by atomic mass is 9.82. The van der Waals surface area contributed by atoms with Gasteiger partial charge in [0, 0.05) is 32.4 Å². The normalized spacial score (nSPS) is 39.5. The van der Waals surface area contributed by atoms with Gasteiger partial charge in [-0.25, -0.2) is 4.79 Å². The Hall–Kier alpha value is -1.74. The highest BCUT2D eigenvalue weighted by atomic mass is 16.7. The van der Waals surface area contributed by atoms with Crippen molar-refractivity contribution in [1.82, 2.24) is 0 Å². The van der Waals surface area contributed by atoms with Crippen LogP contribution in [-0.2, 0) is 28.5 Å². The second-order valence-corrected chi connectivity index (χ2v) is 7.50. The molecule has 0 aromatic rings. The lowest BCUT2D eigenvalue weighted by Crippen LogP contribution is -2.54. The van der Waals surface area contributed by atoms with Crippen LogP contribution < -0.4 is 0 Å². The van der Waals surface area contributed by atoms with Crippen molar-refractivity contribution in [1.29, 1.82) is 0 Å². The third kappa shape index (κ3) is 3.07. The molecule has 1 saturated heterocycles. The number of carbonyl (C=O) groups is 2. The quantitative estimate of drug-likeness (QED) is 0.701. The van der Waals surface area contributed by atoms with E-state index in [4.69, 9.17) is 18.9 Å². The second-order valence-electron chi connectivity index (χ2n) is 7.50. The van der Waals surface area contributed by atoms with E-state index in [0.29, 0.717) is 12.0 Å². The van der Waals surface area contributed by atoms with Gasteiger partial charge in [0.25, 0.3) is 0 Å². The Morgan fingerprint density at radius 3 is 2.65 bits per heavy atom. The largest absolute Gasteiger partial charge is 0.457 e. The summed E-state index contributed by atoms with van der Waals surface area (Å²) in [7, 11) is 1.43. The highest BCUT2D eigenvalue weighted by Gasteiger charge is 2.58. The van der Waals surface area contributed by atoms with E-state index in [2.05, 4.69) is 0 Å². The maximum absolute atomic E-state index is 12.3. The van der Waals surface area contributed by atoms with Crippen LogP contribution in [0.4, 0.5) is 0 Å². The van der Waals surface area contributed by atoms with Crippen molar-refractivity contribution in [3.63, 3.8) is 0 Å². The molecule has 2 N–H and O–H groups in total. The molecule has 0 saturated carbocycles. The van der Waals surface area contributed by atoms with E-state index in [-0.39, 0.29) is 30.8 Å². The number of carbonyl (C=O) groups excluding carboxylic acids is 2. The van der Waals surface area contributed by atoms with Crippen LogP contribution in [-0.4, -0.2) is 59.0 Å². The van der Waals surface area contributed by atoms with Crippen molar-refractivity contribution in [3.8, 4) is 0 Å². The number of hydrogen-bond donors (Lipinski definition) is 2. The van der Waals surface area contributed by atoms with Crippen molar-refractivity contribution < 1.29 is 38.7 Å². The predicted molar refractivity (Wildman–Crippen MR) is 87.5 cm³/mol. The summed E-state index contributed by atoms with van der Waals surface area (Å²) in [6.07, 6.45) is 1.03. The van der Waals surface area contributed by atoms with E-state index in [1.807, 2.05) is 0 Å². The molecule has 3 aliphatic rings. The van der Waals surface area contributed by atoms with Crippen LogP contribution >= 0.6 is 0 Å². The van der Waals surface area contributed by atoms with E-state index in [1.54, 1.807) is 13.0 Å². The highest BCUT2D eigenvalue weighted by Crippen LogP contribution is 2.49.